The number of sulfonamides is 1. The van der Waals surface area contributed by atoms with Gasteiger partial charge in [0.1, 0.15) is 0 Å². The zero-order chi connectivity index (χ0) is 15.6. The number of hydrogen-bond acceptors (Lipinski definition) is 4. The van der Waals surface area contributed by atoms with E-state index < -0.39 is 10.0 Å². The van der Waals surface area contributed by atoms with Gasteiger partial charge in [0.15, 0.2) is 0 Å². The van der Waals surface area contributed by atoms with Crippen LogP contribution in [-0.4, -0.2) is 19.6 Å². The first-order chi connectivity index (χ1) is 10.5. The van der Waals surface area contributed by atoms with Crippen LogP contribution < -0.4 is 5.14 Å². The number of aromatic nitrogens is 1. The van der Waals surface area contributed by atoms with Crippen molar-refractivity contribution in [1.82, 2.24) is 4.98 Å². The number of rotatable bonds is 3. The van der Waals surface area contributed by atoms with Crippen LogP contribution in [0.5, 0.6) is 0 Å². The fourth-order valence-electron chi connectivity index (χ4n) is 2.02. The Hall–Kier alpha value is -2.57. The minimum Gasteiger partial charge on any atom is -0.255 e. The Balaban J connectivity index is 1.86. The lowest BCUT2D eigenvalue weighted by atomic mass is 10.2. The largest absolute Gasteiger partial charge is 0.255 e. The molecule has 1 aromatic heterocycles. The van der Waals surface area contributed by atoms with E-state index in [0.717, 1.165) is 16.6 Å². The highest BCUT2D eigenvalue weighted by Crippen LogP contribution is 2.16. The standard InChI is InChI=1S/C16H13N3O2S/c17-22(20,21)15-9-7-13(8-10-15)18-11-14-6-5-12-3-1-2-4-16(12)19-14/h1-11H,(H2,17,20,21). The van der Waals surface area contributed by atoms with Crippen molar-refractivity contribution in [3.05, 3.63) is 66.4 Å². The zero-order valence-electron chi connectivity index (χ0n) is 11.5. The van der Waals surface area contributed by atoms with E-state index >= 15 is 0 Å². The second-order valence-electron chi connectivity index (χ2n) is 4.73. The Bertz CT molecular complexity index is 949. The Morgan fingerprint density at radius 2 is 1.68 bits per heavy atom. The lowest BCUT2D eigenvalue weighted by Crippen LogP contribution is -2.11. The van der Waals surface area contributed by atoms with Crippen LogP contribution in [0.25, 0.3) is 10.9 Å². The molecular formula is C16H13N3O2S. The first kappa shape index (κ1) is 14.4. The monoisotopic (exact) mass is 311 g/mol. The maximum absolute atomic E-state index is 11.2. The number of benzene rings is 2. The van der Waals surface area contributed by atoms with E-state index in [9.17, 15) is 8.42 Å². The summed E-state index contributed by atoms with van der Waals surface area (Å²) in [5, 5.41) is 6.12. The third-order valence-electron chi connectivity index (χ3n) is 3.13. The van der Waals surface area contributed by atoms with Gasteiger partial charge < -0.3 is 0 Å². The van der Waals surface area contributed by atoms with Crippen molar-refractivity contribution in [2.45, 2.75) is 4.90 Å². The van der Waals surface area contributed by atoms with Gasteiger partial charge in [0.05, 0.1) is 28.0 Å². The number of nitrogens with zero attached hydrogens (tertiary/aromatic N) is 2. The van der Waals surface area contributed by atoms with Crippen LogP contribution in [0, 0.1) is 0 Å². The predicted molar refractivity (Wildman–Crippen MR) is 86.8 cm³/mol. The van der Waals surface area contributed by atoms with Crippen molar-refractivity contribution in [2.24, 2.45) is 10.1 Å². The summed E-state index contributed by atoms with van der Waals surface area (Å²) >= 11 is 0. The van der Waals surface area contributed by atoms with Crippen molar-refractivity contribution in [3.63, 3.8) is 0 Å². The molecule has 2 aromatic carbocycles. The number of aliphatic imine (C=N–C) groups is 1. The van der Waals surface area contributed by atoms with E-state index in [2.05, 4.69) is 9.98 Å². The van der Waals surface area contributed by atoms with Crippen LogP contribution in [0.3, 0.4) is 0 Å². The van der Waals surface area contributed by atoms with Gasteiger partial charge in [0.25, 0.3) is 0 Å². The minimum atomic E-state index is -3.68. The molecule has 3 rings (SSSR count). The first-order valence-corrected chi connectivity index (χ1v) is 8.10. The Labute approximate surface area is 128 Å². The summed E-state index contributed by atoms with van der Waals surface area (Å²) in [6.45, 7) is 0. The first-order valence-electron chi connectivity index (χ1n) is 6.55. The molecule has 0 atom stereocenters. The molecule has 22 heavy (non-hydrogen) atoms. The summed E-state index contributed by atoms with van der Waals surface area (Å²) in [7, 11) is -3.68. The molecule has 0 aliphatic rings. The molecule has 3 aromatic rings. The molecule has 0 unspecified atom stereocenters. The highest BCUT2D eigenvalue weighted by Gasteiger charge is 2.06. The molecule has 0 saturated carbocycles. The van der Waals surface area contributed by atoms with Crippen molar-refractivity contribution < 1.29 is 8.42 Å². The van der Waals surface area contributed by atoms with Crippen molar-refractivity contribution >= 4 is 32.8 Å². The van der Waals surface area contributed by atoms with Crippen LogP contribution in [0.1, 0.15) is 5.69 Å². The molecular weight excluding hydrogens is 298 g/mol. The van der Waals surface area contributed by atoms with E-state index in [-0.39, 0.29) is 4.90 Å². The summed E-state index contributed by atoms with van der Waals surface area (Å²) in [5.74, 6) is 0. The number of para-hydroxylation sites is 1. The second kappa shape index (κ2) is 5.67. The smallest absolute Gasteiger partial charge is 0.238 e. The molecule has 0 radical (unpaired) electrons. The molecule has 5 nitrogen and oxygen atoms in total. The fourth-order valence-corrected chi connectivity index (χ4v) is 2.53. The quantitative estimate of drug-likeness (QED) is 0.754. The van der Waals surface area contributed by atoms with E-state index in [1.165, 1.54) is 12.1 Å². The van der Waals surface area contributed by atoms with Crippen molar-refractivity contribution in [2.75, 3.05) is 0 Å². The molecule has 0 bridgehead atoms. The lowest BCUT2D eigenvalue weighted by Gasteiger charge is -1.99. The van der Waals surface area contributed by atoms with Gasteiger partial charge in [-0.25, -0.2) is 18.5 Å². The van der Waals surface area contributed by atoms with Crippen LogP contribution in [-0.2, 0) is 10.0 Å². The number of hydrogen-bond donors (Lipinski definition) is 1. The van der Waals surface area contributed by atoms with Gasteiger partial charge >= 0.3 is 0 Å². The molecule has 1 heterocycles. The van der Waals surface area contributed by atoms with Crippen LogP contribution in [0.15, 0.2) is 70.6 Å². The lowest BCUT2D eigenvalue weighted by molar-refractivity contribution is 0.598. The van der Waals surface area contributed by atoms with E-state index in [1.54, 1.807) is 18.3 Å². The summed E-state index contributed by atoms with van der Waals surface area (Å²) in [6.07, 6.45) is 1.64. The predicted octanol–water partition coefficient (Wildman–Crippen LogP) is 2.63. The third-order valence-corrected chi connectivity index (χ3v) is 4.06. The summed E-state index contributed by atoms with van der Waals surface area (Å²) in [6, 6.07) is 17.7. The van der Waals surface area contributed by atoms with Gasteiger partial charge in [-0.1, -0.05) is 24.3 Å². The third kappa shape index (κ3) is 3.19. The van der Waals surface area contributed by atoms with E-state index in [0.29, 0.717) is 5.69 Å². The summed E-state index contributed by atoms with van der Waals surface area (Å²) in [4.78, 5) is 8.83. The fraction of sp³-hybridized carbons (Fsp3) is 0. The second-order valence-corrected chi connectivity index (χ2v) is 6.29. The number of primary sulfonamides is 1. The van der Waals surface area contributed by atoms with Gasteiger partial charge in [-0.15, -0.1) is 0 Å². The molecule has 0 saturated heterocycles. The highest BCUT2D eigenvalue weighted by molar-refractivity contribution is 7.89. The number of nitrogens with two attached hydrogens (primary N) is 1. The van der Waals surface area contributed by atoms with E-state index in [1.807, 2.05) is 36.4 Å². The molecule has 2 N–H and O–H groups in total. The number of pyridine rings is 1. The molecule has 0 spiro atoms. The van der Waals surface area contributed by atoms with E-state index in [4.69, 9.17) is 5.14 Å². The average Bonchev–Trinajstić information content (AvgIpc) is 2.52. The van der Waals surface area contributed by atoms with Gasteiger partial charge in [-0.3, -0.25) is 4.99 Å². The van der Waals surface area contributed by atoms with Gasteiger partial charge in [0.2, 0.25) is 10.0 Å². The van der Waals surface area contributed by atoms with Crippen LogP contribution in [0.4, 0.5) is 5.69 Å². The summed E-state index contributed by atoms with van der Waals surface area (Å²) < 4.78 is 22.4. The van der Waals surface area contributed by atoms with Gasteiger partial charge in [-0.2, -0.15) is 0 Å². The topological polar surface area (TPSA) is 85.4 Å². The summed E-state index contributed by atoms with van der Waals surface area (Å²) in [5.41, 5.74) is 2.26. The van der Waals surface area contributed by atoms with Crippen molar-refractivity contribution in [3.8, 4) is 0 Å². The Kier molecular flexibility index (Phi) is 3.70. The Morgan fingerprint density at radius 3 is 2.41 bits per heavy atom. The molecule has 6 heteroatoms. The molecule has 0 fully saturated rings. The Morgan fingerprint density at radius 1 is 0.955 bits per heavy atom. The number of fused-ring (bicyclic) bond motifs is 1. The normalized spacial score (nSPS) is 12.0. The zero-order valence-corrected chi connectivity index (χ0v) is 12.4. The molecule has 0 aliphatic heterocycles. The average molecular weight is 311 g/mol. The minimum absolute atomic E-state index is 0.0651. The van der Waals surface area contributed by atoms with Gasteiger partial charge in [0, 0.05) is 5.39 Å². The maximum Gasteiger partial charge on any atom is 0.238 e. The molecule has 0 aliphatic carbocycles. The highest BCUT2D eigenvalue weighted by atomic mass is 32.2. The van der Waals surface area contributed by atoms with Crippen molar-refractivity contribution in [1.29, 1.82) is 0 Å². The van der Waals surface area contributed by atoms with Crippen LogP contribution in [0.2, 0.25) is 0 Å². The molecule has 0 amide bonds. The van der Waals surface area contributed by atoms with Gasteiger partial charge in [-0.05, 0) is 36.4 Å². The van der Waals surface area contributed by atoms with Crippen LogP contribution >= 0.6 is 0 Å². The molecule has 110 valence electrons. The SMILES string of the molecule is NS(=O)(=O)c1ccc(N=Cc2ccc3ccccc3n2)cc1. The maximum atomic E-state index is 11.2.